The summed E-state index contributed by atoms with van der Waals surface area (Å²) in [5.41, 5.74) is 1.15. The first-order valence-electron chi connectivity index (χ1n) is 9.63. The summed E-state index contributed by atoms with van der Waals surface area (Å²) in [5.74, 6) is 0.932. The predicted octanol–water partition coefficient (Wildman–Crippen LogP) is 2.93. The Morgan fingerprint density at radius 3 is 2.46 bits per heavy atom. The summed E-state index contributed by atoms with van der Waals surface area (Å²) in [7, 11) is -3.09. The third-order valence-corrected chi connectivity index (χ3v) is 7.30. The highest BCUT2D eigenvalue weighted by molar-refractivity contribution is 14.0. The number of hydrogen-bond acceptors (Lipinski definition) is 5. The monoisotopic (exact) mass is 543 g/mol. The van der Waals surface area contributed by atoms with Crippen LogP contribution in [0.25, 0.3) is 0 Å². The lowest BCUT2D eigenvalue weighted by molar-refractivity contribution is 0.306. The average Bonchev–Trinajstić information content (AvgIpc) is 3.10. The Morgan fingerprint density at radius 1 is 1.32 bits per heavy atom. The number of sulfonamides is 1. The van der Waals surface area contributed by atoms with E-state index in [1.54, 1.807) is 22.6 Å². The van der Waals surface area contributed by atoms with Crippen molar-refractivity contribution in [1.29, 1.82) is 0 Å². The van der Waals surface area contributed by atoms with Crippen LogP contribution in [0.2, 0.25) is 0 Å². The van der Waals surface area contributed by atoms with Gasteiger partial charge in [0.15, 0.2) is 5.96 Å². The van der Waals surface area contributed by atoms with Gasteiger partial charge in [-0.1, -0.05) is 20.8 Å². The molecule has 0 spiro atoms. The second-order valence-corrected chi connectivity index (χ2v) is 11.0. The summed E-state index contributed by atoms with van der Waals surface area (Å²) in [6.45, 7) is 12.7. The van der Waals surface area contributed by atoms with Crippen molar-refractivity contribution in [3.8, 4) is 0 Å². The van der Waals surface area contributed by atoms with Gasteiger partial charge < -0.3 is 10.6 Å². The Bertz CT molecular complexity index is 735. The quantitative estimate of drug-likeness (QED) is 0.328. The lowest BCUT2D eigenvalue weighted by Gasteiger charge is -2.32. The number of aromatic nitrogens is 1. The maximum Gasteiger partial charge on any atom is 0.213 e. The van der Waals surface area contributed by atoms with Crippen molar-refractivity contribution < 1.29 is 8.42 Å². The molecule has 162 valence electrons. The summed E-state index contributed by atoms with van der Waals surface area (Å²) < 4.78 is 25.6. The van der Waals surface area contributed by atoms with E-state index in [0.29, 0.717) is 19.6 Å². The highest BCUT2D eigenvalue weighted by Gasteiger charge is 2.27. The molecule has 1 aliphatic rings. The fourth-order valence-corrected chi connectivity index (χ4v) is 4.93. The minimum absolute atomic E-state index is 0. The predicted molar refractivity (Wildman–Crippen MR) is 128 cm³/mol. The zero-order valence-electron chi connectivity index (χ0n) is 17.5. The highest BCUT2D eigenvalue weighted by Crippen LogP contribution is 2.24. The topological polar surface area (TPSA) is 86.7 Å². The molecule has 0 amide bonds. The fraction of sp³-hybridized carbons (Fsp3) is 0.778. The molecular formula is C18H34IN5O2S2. The van der Waals surface area contributed by atoms with Gasteiger partial charge in [-0.25, -0.2) is 22.7 Å². The van der Waals surface area contributed by atoms with Gasteiger partial charge in [0.05, 0.1) is 18.0 Å². The van der Waals surface area contributed by atoms with E-state index in [0.717, 1.165) is 36.0 Å². The number of aliphatic imine (C=N–C) groups is 1. The molecule has 0 aromatic carbocycles. The maximum atomic E-state index is 12.0. The first-order chi connectivity index (χ1) is 12.7. The Labute approximate surface area is 190 Å². The summed E-state index contributed by atoms with van der Waals surface area (Å²) in [4.78, 5) is 9.36. The minimum atomic E-state index is -3.09. The third kappa shape index (κ3) is 7.42. The second-order valence-electron chi connectivity index (χ2n) is 7.79. The molecule has 0 aliphatic carbocycles. The van der Waals surface area contributed by atoms with Crippen molar-refractivity contribution in [2.24, 2.45) is 4.99 Å². The van der Waals surface area contributed by atoms with E-state index in [1.165, 1.54) is 0 Å². The van der Waals surface area contributed by atoms with Gasteiger partial charge in [0, 0.05) is 36.5 Å². The normalized spacial score (nSPS) is 17.2. The van der Waals surface area contributed by atoms with Gasteiger partial charge in [-0.3, -0.25) is 0 Å². The number of piperidine rings is 1. The maximum absolute atomic E-state index is 12.0. The zero-order chi connectivity index (χ0) is 20.1. The first-order valence-corrected chi connectivity index (χ1v) is 12.1. The number of thiazole rings is 1. The Morgan fingerprint density at radius 2 is 1.96 bits per heavy atom. The van der Waals surface area contributed by atoms with Crippen LogP contribution in [0.15, 0.2) is 10.4 Å². The molecule has 0 bridgehead atoms. The molecular weight excluding hydrogens is 509 g/mol. The van der Waals surface area contributed by atoms with Gasteiger partial charge in [0.1, 0.15) is 5.01 Å². The van der Waals surface area contributed by atoms with E-state index in [9.17, 15) is 8.42 Å². The number of nitrogens with one attached hydrogen (secondary N) is 2. The number of rotatable bonds is 6. The van der Waals surface area contributed by atoms with E-state index in [2.05, 4.69) is 46.8 Å². The van der Waals surface area contributed by atoms with Crippen LogP contribution >= 0.6 is 35.3 Å². The molecule has 0 radical (unpaired) electrons. The molecule has 0 saturated carbocycles. The van der Waals surface area contributed by atoms with Crippen molar-refractivity contribution in [3.63, 3.8) is 0 Å². The molecule has 2 rings (SSSR count). The molecule has 2 heterocycles. The molecule has 0 atom stereocenters. The highest BCUT2D eigenvalue weighted by atomic mass is 127. The summed E-state index contributed by atoms with van der Waals surface area (Å²) in [6, 6.07) is 0.229. The number of halogens is 1. The Hall–Kier alpha value is -0.460. The Kier molecular flexibility index (Phi) is 10.1. The van der Waals surface area contributed by atoms with E-state index >= 15 is 0 Å². The van der Waals surface area contributed by atoms with Crippen LogP contribution in [0.5, 0.6) is 0 Å². The van der Waals surface area contributed by atoms with Crippen LogP contribution < -0.4 is 10.6 Å². The molecule has 2 N–H and O–H groups in total. The summed E-state index contributed by atoms with van der Waals surface area (Å²) in [5, 5.41) is 9.83. The van der Waals surface area contributed by atoms with Crippen LogP contribution in [0.3, 0.4) is 0 Å². The molecule has 1 fully saturated rings. The van der Waals surface area contributed by atoms with E-state index < -0.39 is 10.0 Å². The van der Waals surface area contributed by atoms with Crippen LogP contribution in [0.4, 0.5) is 0 Å². The largest absolute Gasteiger partial charge is 0.357 e. The molecule has 28 heavy (non-hydrogen) atoms. The third-order valence-electron chi connectivity index (χ3n) is 4.59. The van der Waals surface area contributed by atoms with Gasteiger partial charge >= 0.3 is 0 Å². The zero-order valence-corrected chi connectivity index (χ0v) is 21.5. The molecule has 0 unspecified atom stereocenters. The van der Waals surface area contributed by atoms with Gasteiger partial charge in [0.2, 0.25) is 10.0 Å². The molecule has 1 aliphatic heterocycles. The lowest BCUT2D eigenvalue weighted by atomic mass is 9.93. The van der Waals surface area contributed by atoms with E-state index in [4.69, 9.17) is 0 Å². The smallest absolute Gasteiger partial charge is 0.213 e. The number of nitrogens with zero attached hydrogens (tertiary/aromatic N) is 3. The van der Waals surface area contributed by atoms with Gasteiger partial charge in [0.25, 0.3) is 0 Å². The van der Waals surface area contributed by atoms with Crippen LogP contribution in [0.1, 0.15) is 58.2 Å². The van der Waals surface area contributed by atoms with Crippen molar-refractivity contribution in [2.45, 2.75) is 65.5 Å². The molecule has 1 aromatic heterocycles. The van der Waals surface area contributed by atoms with Crippen LogP contribution in [-0.4, -0.2) is 55.1 Å². The first kappa shape index (κ1) is 25.6. The lowest BCUT2D eigenvalue weighted by Crippen LogP contribution is -2.50. The van der Waals surface area contributed by atoms with Crippen molar-refractivity contribution in [3.05, 3.63) is 16.1 Å². The molecule has 1 aromatic rings. The van der Waals surface area contributed by atoms with E-state index in [1.807, 2.05) is 6.92 Å². The SMILES string of the molecule is CCNC(=NCc1nc(C(C)(C)C)cs1)NC1CCN(S(=O)(=O)CC)CC1.I. The van der Waals surface area contributed by atoms with E-state index in [-0.39, 0.29) is 41.2 Å². The summed E-state index contributed by atoms with van der Waals surface area (Å²) >= 11 is 1.64. The standard InChI is InChI=1S/C18H33N5O2S2.HI/c1-6-19-17(20-12-16-22-15(13-26-16)18(3,4)5)21-14-8-10-23(11-9-14)27(24,25)7-2;/h13-14H,6-12H2,1-5H3,(H2,19,20,21);1H. The average molecular weight is 544 g/mol. The molecule has 7 nitrogen and oxygen atoms in total. The minimum Gasteiger partial charge on any atom is -0.357 e. The van der Waals surface area contributed by atoms with Crippen LogP contribution in [-0.2, 0) is 22.0 Å². The fourth-order valence-electron chi connectivity index (χ4n) is 2.85. The number of hydrogen-bond donors (Lipinski definition) is 2. The van der Waals surface area contributed by atoms with Crippen molar-refractivity contribution in [1.82, 2.24) is 19.9 Å². The van der Waals surface area contributed by atoms with Gasteiger partial charge in [-0.2, -0.15) is 0 Å². The molecule has 1 saturated heterocycles. The number of guanidine groups is 1. The van der Waals surface area contributed by atoms with Crippen molar-refractivity contribution in [2.75, 3.05) is 25.4 Å². The Balaban J connectivity index is 0.00000392. The van der Waals surface area contributed by atoms with Crippen LogP contribution in [0, 0.1) is 0 Å². The van der Waals surface area contributed by atoms with Gasteiger partial charge in [-0.15, -0.1) is 35.3 Å². The van der Waals surface area contributed by atoms with Crippen molar-refractivity contribution >= 4 is 51.3 Å². The second kappa shape index (κ2) is 11.1. The van der Waals surface area contributed by atoms with Gasteiger partial charge in [-0.05, 0) is 26.7 Å². The molecule has 10 heteroatoms. The summed E-state index contributed by atoms with van der Waals surface area (Å²) in [6.07, 6.45) is 1.57.